The normalized spacial score (nSPS) is 12.3. The van der Waals surface area contributed by atoms with Crippen molar-refractivity contribution in [2.75, 3.05) is 11.1 Å². The van der Waals surface area contributed by atoms with E-state index in [9.17, 15) is 18.0 Å². The molecule has 0 aromatic heterocycles. The van der Waals surface area contributed by atoms with E-state index in [0.717, 1.165) is 12.1 Å². The Labute approximate surface area is 110 Å². The van der Waals surface area contributed by atoms with E-state index in [4.69, 9.17) is 5.73 Å². The molecule has 0 unspecified atom stereocenters. The van der Waals surface area contributed by atoms with Crippen LogP contribution in [0.5, 0.6) is 0 Å². The van der Waals surface area contributed by atoms with Gasteiger partial charge in [0.1, 0.15) is 0 Å². The van der Waals surface area contributed by atoms with Crippen molar-refractivity contribution in [3.05, 3.63) is 23.8 Å². The second kappa shape index (κ2) is 5.11. The van der Waals surface area contributed by atoms with Gasteiger partial charge in [-0.1, -0.05) is 20.8 Å². The van der Waals surface area contributed by atoms with Gasteiger partial charge in [0, 0.05) is 17.8 Å². The van der Waals surface area contributed by atoms with E-state index in [0.29, 0.717) is 0 Å². The molecule has 19 heavy (non-hydrogen) atoms. The predicted molar refractivity (Wildman–Crippen MR) is 68.6 cm³/mol. The van der Waals surface area contributed by atoms with Crippen molar-refractivity contribution in [1.29, 1.82) is 0 Å². The molecule has 3 N–H and O–H groups in total. The predicted octanol–water partition coefficient (Wildman–Crippen LogP) is 3.66. The maximum Gasteiger partial charge on any atom is 0.418 e. The lowest BCUT2D eigenvalue weighted by molar-refractivity contribution is -0.137. The van der Waals surface area contributed by atoms with Gasteiger partial charge in [0.05, 0.1) is 5.56 Å². The number of alkyl halides is 3. The summed E-state index contributed by atoms with van der Waals surface area (Å²) in [5.74, 6) is -0.328. The van der Waals surface area contributed by atoms with Crippen molar-refractivity contribution in [3.63, 3.8) is 0 Å². The van der Waals surface area contributed by atoms with E-state index >= 15 is 0 Å². The van der Waals surface area contributed by atoms with Crippen molar-refractivity contribution in [1.82, 2.24) is 0 Å². The number of nitrogen functional groups attached to an aromatic ring is 1. The highest BCUT2D eigenvalue weighted by Gasteiger charge is 2.33. The minimum absolute atomic E-state index is 0.0933. The molecule has 0 aliphatic carbocycles. The van der Waals surface area contributed by atoms with E-state index in [2.05, 4.69) is 5.32 Å². The smallest absolute Gasteiger partial charge is 0.398 e. The van der Waals surface area contributed by atoms with Gasteiger partial charge < -0.3 is 11.1 Å². The first kappa shape index (κ1) is 15.3. The summed E-state index contributed by atoms with van der Waals surface area (Å²) in [4.78, 5) is 11.7. The third-order valence-corrected chi connectivity index (χ3v) is 2.33. The Balaban J connectivity index is 2.89. The lowest BCUT2D eigenvalue weighted by Crippen LogP contribution is -2.20. The van der Waals surface area contributed by atoms with Crippen LogP contribution < -0.4 is 11.1 Å². The molecule has 1 aromatic carbocycles. The molecule has 0 fully saturated rings. The van der Waals surface area contributed by atoms with Gasteiger partial charge in [-0.25, -0.2) is 0 Å². The number of halogens is 3. The Kier molecular flexibility index (Phi) is 4.12. The molecule has 1 rings (SSSR count). The van der Waals surface area contributed by atoms with E-state index in [-0.39, 0.29) is 29.1 Å². The Morgan fingerprint density at radius 1 is 1.26 bits per heavy atom. The van der Waals surface area contributed by atoms with Crippen LogP contribution in [0.2, 0.25) is 0 Å². The first-order valence-corrected chi connectivity index (χ1v) is 5.75. The number of nitrogens with one attached hydrogen (secondary N) is 1. The van der Waals surface area contributed by atoms with Gasteiger partial charge in [0.2, 0.25) is 5.91 Å². The fourth-order valence-electron chi connectivity index (χ4n) is 1.57. The second-order valence-electron chi connectivity index (χ2n) is 5.59. The van der Waals surface area contributed by atoms with E-state index in [1.807, 2.05) is 20.8 Å². The summed E-state index contributed by atoms with van der Waals surface area (Å²) in [5.41, 5.74) is 3.83. The molecule has 0 atom stereocenters. The molecule has 0 saturated heterocycles. The molecular formula is C13H17F3N2O. The highest BCUT2D eigenvalue weighted by molar-refractivity contribution is 5.91. The molecule has 1 aromatic rings. The summed E-state index contributed by atoms with van der Waals surface area (Å²) in [6.07, 6.45) is -4.31. The molecule has 0 saturated carbocycles. The van der Waals surface area contributed by atoms with Crippen LogP contribution in [-0.4, -0.2) is 5.91 Å². The summed E-state index contributed by atoms with van der Waals surface area (Å²) in [6, 6.07) is 3.33. The van der Waals surface area contributed by atoms with Gasteiger partial charge in [-0.05, 0) is 23.6 Å². The zero-order valence-electron chi connectivity index (χ0n) is 11.1. The second-order valence-corrected chi connectivity index (χ2v) is 5.59. The number of rotatable bonds is 2. The summed E-state index contributed by atoms with van der Waals surface area (Å²) < 4.78 is 37.9. The molecular weight excluding hydrogens is 257 g/mol. The number of amides is 1. The van der Waals surface area contributed by atoms with Crippen LogP contribution in [0.25, 0.3) is 0 Å². The fourth-order valence-corrected chi connectivity index (χ4v) is 1.57. The zero-order valence-corrected chi connectivity index (χ0v) is 11.1. The number of benzene rings is 1. The Morgan fingerprint density at radius 3 is 2.32 bits per heavy atom. The number of anilines is 2. The standard InChI is InChI=1S/C13H17F3N2O/c1-12(2,3)7-11(19)18-8-4-5-10(17)9(6-8)13(14,15)16/h4-6H,7,17H2,1-3H3,(H,18,19). The van der Waals surface area contributed by atoms with Crippen molar-refractivity contribution in [2.45, 2.75) is 33.4 Å². The summed E-state index contributed by atoms with van der Waals surface area (Å²) in [5, 5.41) is 2.44. The van der Waals surface area contributed by atoms with E-state index in [1.54, 1.807) is 0 Å². The molecule has 0 bridgehead atoms. The number of carbonyl (C=O) groups excluding carboxylic acids is 1. The molecule has 0 heterocycles. The van der Waals surface area contributed by atoms with Crippen LogP contribution in [0.4, 0.5) is 24.5 Å². The third kappa shape index (κ3) is 4.81. The van der Waals surface area contributed by atoms with E-state index in [1.165, 1.54) is 6.07 Å². The molecule has 106 valence electrons. The van der Waals surface area contributed by atoms with Gasteiger partial charge in [-0.15, -0.1) is 0 Å². The topological polar surface area (TPSA) is 55.1 Å². The van der Waals surface area contributed by atoms with Crippen LogP contribution in [-0.2, 0) is 11.0 Å². The first-order chi connectivity index (χ1) is 8.49. The Hall–Kier alpha value is -1.72. The van der Waals surface area contributed by atoms with Gasteiger partial charge in [0.15, 0.2) is 0 Å². The van der Waals surface area contributed by atoms with Crippen molar-refractivity contribution >= 4 is 17.3 Å². The Morgan fingerprint density at radius 2 is 1.84 bits per heavy atom. The van der Waals surface area contributed by atoms with Gasteiger partial charge in [0.25, 0.3) is 0 Å². The first-order valence-electron chi connectivity index (χ1n) is 5.75. The van der Waals surface area contributed by atoms with Crippen LogP contribution in [0.1, 0.15) is 32.8 Å². The van der Waals surface area contributed by atoms with Crippen LogP contribution in [0, 0.1) is 5.41 Å². The summed E-state index contributed by atoms with van der Waals surface area (Å²) >= 11 is 0. The maximum absolute atomic E-state index is 12.6. The van der Waals surface area contributed by atoms with Crippen molar-refractivity contribution in [3.8, 4) is 0 Å². The molecule has 1 amide bonds. The summed E-state index contributed by atoms with van der Waals surface area (Å²) in [6.45, 7) is 5.62. The monoisotopic (exact) mass is 274 g/mol. The zero-order chi connectivity index (χ0) is 14.8. The average molecular weight is 274 g/mol. The highest BCUT2D eigenvalue weighted by Crippen LogP contribution is 2.35. The largest absolute Gasteiger partial charge is 0.418 e. The van der Waals surface area contributed by atoms with Crippen LogP contribution in [0.3, 0.4) is 0 Å². The van der Waals surface area contributed by atoms with E-state index < -0.39 is 11.7 Å². The lowest BCUT2D eigenvalue weighted by Gasteiger charge is -2.18. The molecule has 0 spiro atoms. The van der Waals surface area contributed by atoms with Gasteiger partial charge >= 0.3 is 6.18 Å². The average Bonchev–Trinajstić information content (AvgIpc) is 2.16. The minimum atomic E-state index is -4.53. The maximum atomic E-state index is 12.6. The quantitative estimate of drug-likeness (QED) is 0.808. The van der Waals surface area contributed by atoms with Crippen LogP contribution >= 0.6 is 0 Å². The van der Waals surface area contributed by atoms with Crippen LogP contribution in [0.15, 0.2) is 18.2 Å². The third-order valence-electron chi connectivity index (χ3n) is 2.33. The molecule has 0 aliphatic heterocycles. The molecule has 0 radical (unpaired) electrons. The number of hydrogen-bond acceptors (Lipinski definition) is 2. The van der Waals surface area contributed by atoms with Crippen molar-refractivity contribution in [2.24, 2.45) is 5.41 Å². The molecule has 0 aliphatic rings. The SMILES string of the molecule is CC(C)(C)CC(=O)Nc1ccc(N)c(C(F)(F)F)c1. The molecule has 3 nitrogen and oxygen atoms in total. The number of carbonyl (C=O) groups is 1. The minimum Gasteiger partial charge on any atom is -0.398 e. The van der Waals surface area contributed by atoms with Gasteiger partial charge in [-0.3, -0.25) is 4.79 Å². The molecule has 6 heteroatoms. The number of nitrogens with two attached hydrogens (primary N) is 1. The highest BCUT2D eigenvalue weighted by atomic mass is 19.4. The number of hydrogen-bond donors (Lipinski definition) is 2. The summed E-state index contributed by atoms with van der Waals surface area (Å²) in [7, 11) is 0. The van der Waals surface area contributed by atoms with Crippen molar-refractivity contribution < 1.29 is 18.0 Å². The fraction of sp³-hybridized carbons (Fsp3) is 0.462. The van der Waals surface area contributed by atoms with Gasteiger partial charge in [-0.2, -0.15) is 13.2 Å². The lowest BCUT2D eigenvalue weighted by atomic mass is 9.92. The Bertz CT molecular complexity index is 476.